The predicted molar refractivity (Wildman–Crippen MR) is 93.8 cm³/mol. The minimum absolute atomic E-state index is 0.0252. The van der Waals surface area contributed by atoms with Gasteiger partial charge in [0.15, 0.2) is 0 Å². The lowest BCUT2D eigenvalue weighted by Gasteiger charge is -2.17. The van der Waals surface area contributed by atoms with Crippen LogP contribution in [0.2, 0.25) is 0 Å². The van der Waals surface area contributed by atoms with Gasteiger partial charge in [-0.2, -0.15) is 0 Å². The van der Waals surface area contributed by atoms with Crippen LogP contribution in [0.15, 0.2) is 33.9 Å². The van der Waals surface area contributed by atoms with Crippen LogP contribution >= 0.6 is 27.7 Å². The first kappa shape index (κ1) is 17.8. The van der Waals surface area contributed by atoms with E-state index in [4.69, 9.17) is 4.74 Å². The van der Waals surface area contributed by atoms with E-state index in [9.17, 15) is 4.79 Å². The summed E-state index contributed by atoms with van der Waals surface area (Å²) in [5.74, 6) is 1.96. The third-order valence-electron chi connectivity index (χ3n) is 3.11. The number of H-pyrrole nitrogens is 1. The molecular weight excluding hydrogens is 380 g/mol. The number of carbonyl (C=O) groups excluding carboxylic acids is 1. The van der Waals surface area contributed by atoms with Gasteiger partial charge in [0.2, 0.25) is 11.1 Å². The molecule has 124 valence electrons. The number of aromatic amines is 1. The van der Waals surface area contributed by atoms with E-state index in [1.165, 1.54) is 11.8 Å². The fourth-order valence-electron chi connectivity index (χ4n) is 1.69. The van der Waals surface area contributed by atoms with Crippen molar-refractivity contribution in [1.29, 1.82) is 0 Å². The van der Waals surface area contributed by atoms with Gasteiger partial charge >= 0.3 is 0 Å². The Hall–Kier alpha value is -1.54. The van der Waals surface area contributed by atoms with Crippen molar-refractivity contribution in [2.45, 2.75) is 18.5 Å². The second-order valence-corrected chi connectivity index (χ2v) is 6.68. The lowest BCUT2D eigenvalue weighted by Crippen LogP contribution is -2.32. The molecule has 0 aliphatic rings. The van der Waals surface area contributed by atoms with Gasteiger partial charge in [0.05, 0.1) is 12.3 Å². The van der Waals surface area contributed by atoms with Crippen molar-refractivity contribution >= 4 is 33.6 Å². The number of carbonyl (C=O) groups is 1. The average Bonchev–Trinajstić information content (AvgIpc) is 3.02. The monoisotopic (exact) mass is 398 g/mol. The maximum Gasteiger partial charge on any atom is 0.232 e. The number of halogens is 1. The first-order valence-corrected chi connectivity index (χ1v) is 9.02. The summed E-state index contributed by atoms with van der Waals surface area (Å²) in [4.78, 5) is 18.0. The van der Waals surface area contributed by atoms with Gasteiger partial charge < -0.3 is 9.64 Å². The van der Waals surface area contributed by atoms with Crippen LogP contribution in [0.3, 0.4) is 0 Å². The van der Waals surface area contributed by atoms with E-state index < -0.39 is 0 Å². The highest BCUT2D eigenvalue weighted by molar-refractivity contribution is 9.10. The number of ether oxygens (including phenoxy) is 1. The maximum absolute atomic E-state index is 12.1. The molecule has 6 nitrogen and oxygen atoms in total. The zero-order valence-electron chi connectivity index (χ0n) is 13.1. The van der Waals surface area contributed by atoms with Gasteiger partial charge in [0.1, 0.15) is 18.2 Å². The summed E-state index contributed by atoms with van der Waals surface area (Å²) < 4.78 is 6.62. The SMILES string of the molecule is CCc1nc(SCC(=O)N(C)CCOc2ccc(Br)cc2)n[nH]1. The Morgan fingerprint density at radius 3 is 2.78 bits per heavy atom. The van der Waals surface area contributed by atoms with Crippen molar-refractivity contribution in [3.63, 3.8) is 0 Å². The molecule has 8 heteroatoms. The van der Waals surface area contributed by atoms with E-state index in [1.807, 2.05) is 31.2 Å². The van der Waals surface area contributed by atoms with Crippen LogP contribution in [0.5, 0.6) is 5.75 Å². The van der Waals surface area contributed by atoms with Gasteiger partial charge in [-0.3, -0.25) is 9.89 Å². The molecule has 1 N–H and O–H groups in total. The summed E-state index contributed by atoms with van der Waals surface area (Å²) in [6.07, 6.45) is 0.800. The molecule has 1 heterocycles. The van der Waals surface area contributed by atoms with Gasteiger partial charge in [0.25, 0.3) is 0 Å². The van der Waals surface area contributed by atoms with Crippen molar-refractivity contribution in [3.8, 4) is 5.75 Å². The van der Waals surface area contributed by atoms with E-state index in [2.05, 4.69) is 31.1 Å². The number of amides is 1. The summed E-state index contributed by atoms with van der Waals surface area (Å²) in [7, 11) is 1.77. The van der Waals surface area contributed by atoms with Gasteiger partial charge in [-0.25, -0.2) is 4.98 Å². The van der Waals surface area contributed by atoms with Gasteiger partial charge in [-0.05, 0) is 24.3 Å². The molecule has 23 heavy (non-hydrogen) atoms. The van der Waals surface area contributed by atoms with E-state index in [1.54, 1.807) is 11.9 Å². The summed E-state index contributed by atoms with van der Waals surface area (Å²) in [5, 5.41) is 7.50. The lowest BCUT2D eigenvalue weighted by molar-refractivity contribution is -0.127. The molecular formula is C15H19BrN4O2S. The molecule has 0 radical (unpaired) electrons. The Kier molecular flexibility index (Phi) is 6.91. The lowest BCUT2D eigenvalue weighted by atomic mass is 10.3. The number of aromatic nitrogens is 3. The zero-order valence-corrected chi connectivity index (χ0v) is 15.5. The summed E-state index contributed by atoms with van der Waals surface area (Å²) in [5.41, 5.74) is 0. The van der Waals surface area contributed by atoms with Crippen molar-refractivity contribution in [2.24, 2.45) is 0 Å². The number of hydrogen-bond acceptors (Lipinski definition) is 5. The van der Waals surface area contributed by atoms with Gasteiger partial charge in [-0.15, -0.1) is 5.10 Å². The van der Waals surface area contributed by atoms with E-state index >= 15 is 0 Å². The van der Waals surface area contributed by atoms with Crippen LogP contribution in [-0.2, 0) is 11.2 Å². The molecule has 0 aliphatic heterocycles. The molecule has 0 unspecified atom stereocenters. The molecule has 0 atom stereocenters. The average molecular weight is 399 g/mol. The second kappa shape index (κ2) is 8.93. The van der Waals surface area contributed by atoms with Crippen LogP contribution in [0.1, 0.15) is 12.7 Å². The van der Waals surface area contributed by atoms with Gasteiger partial charge in [-0.1, -0.05) is 34.6 Å². The Labute approximate surface area is 148 Å². The quantitative estimate of drug-likeness (QED) is 0.692. The molecule has 1 amide bonds. The van der Waals surface area contributed by atoms with E-state index in [0.717, 1.165) is 22.5 Å². The Bertz CT molecular complexity index is 633. The molecule has 0 bridgehead atoms. The highest BCUT2D eigenvalue weighted by Crippen LogP contribution is 2.16. The smallest absolute Gasteiger partial charge is 0.232 e. The number of aryl methyl sites for hydroxylation is 1. The van der Waals surface area contributed by atoms with Crippen molar-refractivity contribution in [2.75, 3.05) is 26.0 Å². The molecule has 0 saturated heterocycles. The van der Waals surface area contributed by atoms with Crippen molar-refractivity contribution in [1.82, 2.24) is 20.1 Å². The standard InChI is InChI=1S/C15H19BrN4O2S/c1-3-13-17-15(19-18-13)23-10-14(21)20(2)8-9-22-12-6-4-11(16)5-7-12/h4-7H,3,8-10H2,1-2H3,(H,17,18,19). The van der Waals surface area contributed by atoms with Crippen LogP contribution < -0.4 is 4.74 Å². The molecule has 2 aromatic rings. The highest BCUT2D eigenvalue weighted by Gasteiger charge is 2.11. The number of likely N-dealkylation sites (N-methyl/N-ethyl adjacent to an activating group) is 1. The molecule has 0 spiro atoms. The molecule has 1 aromatic carbocycles. The molecule has 0 fully saturated rings. The molecule has 0 saturated carbocycles. The predicted octanol–water partition coefficient (Wildman–Crippen LogP) is 2.76. The maximum atomic E-state index is 12.1. The molecule has 0 aliphatic carbocycles. The Balaban J connectivity index is 1.69. The normalized spacial score (nSPS) is 10.6. The number of hydrogen-bond donors (Lipinski definition) is 1. The summed E-state index contributed by atoms with van der Waals surface area (Å²) in [6.45, 7) is 2.98. The number of nitrogens with zero attached hydrogens (tertiary/aromatic N) is 3. The van der Waals surface area contributed by atoms with E-state index in [0.29, 0.717) is 24.1 Å². The Morgan fingerprint density at radius 2 is 2.13 bits per heavy atom. The van der Waals surface area contributed by atoms with Crippen LogP contribution in [-0.4, -0.2) is 51.9 Å². The number of rotatable bonds is 8. The fraction of sp³-hybridized carbons (Fsp3) is 0.400. The number of thioether (sulfide) groups is 1. The minimum Gasteiger partial charge on any atom is -0.492 e. The largest absolute Gasteiger partial charge is 0.492 e. The zero-order chi connectivity index (χ0) is 16.7. The second-order valence-electron chi connectivity index (χ2n) is 4.82. The van der Waals surface area contributed by atoms with Gasteiger partial charge in [0, 0.05) is 17.9 Å². The number of benzene rings is 1. The van der Waals surface area contributed by atoms with Crippen LogP contribution in [0, 0.1) is 0 Å². The summed E-state index contributed by atoms with van der Waals surface area (Å²) >= 11 is 4.71. The first-order valence-electron chi connectivity index (χ1n) is 7.25. The number of nitrogens with one attached hydrogen (secondary N) is 1. The van der Waals surface area contributed by atoms with Crippen LogP contribution in [0.4, 0.5) is 0 Å². The molecule has 2 rings (SSSR count). The third-order valence-corrected chi connectivity index (χ3v) is 4.47. The minimum atomic E-state index is 0.0252. The highest BCUT2D eigenvalue weighted by atomic mass is 79.9. The first-order chi connectivity index (χ1) is 11.1. The van der Waals surface area contributed by atoms with Crippen LogP contribution in [0.25, 0.3) is 0 Å². The fourth-order valence-corrected chi connectivity index (χ4v) is 2.72. The Morgan fingerprint density at radius 1 is 1.39 bits per heavy atom. The molecule has 1 aromatic heterocycles. The van der Waals surface area contributed by atoms with Crippen molar-refractivity contribution in [3.05, 3.63) is 34.6 Å². The van der Waals surface area contributed by atoms with Crippen molar-refractivity contribution < 1.29 is 9.53 Å². The van der Waals surface area contributed by atoms with E-state index in [-0.39, 0.29) is 5.91 Å². The topological polar surface area (TPSA) is 71.1 Å². The summed E-state index contributed by atoms with van der Waals surface area (Å²) in [6, 6.07) is 7.61. The third kappa shape index (κ3) is 5.87.